The molecule has 2 heteroatoms. The lowest BCUT2D eigenvalue weighted by molar-refractivity contribution is 0.455. The third kappa shape index (κ3) is 5.95. The molecule has 1 heterocycles. The molecular formula is C13H23NS. The van der Waals surface area contributed by atoms with E-state index in [9.17, 15) is 0 Å². The van der Waals surface area contributed by atoms with Gasteiger partial charge < -0.3 is 5.32 Å². The SMILES string of the molecule is CC(C)CNCC(C)CCc1cccs1. The second kappa shape index (κ2) is 7.02. The lowest BCUT2D eigenvalue weighted by atomic mass is 10.0. The van der Waals surface area contributed by atoms with Crippen molar-refractivity contribution in [2.24, 2.45) is 11.8 Å². The molecule has 0 saturated carbocycles. The van der Waals surface area contributed by atoms with Crippen molar-refractivity contribution in [2.45, 2.75) is 33.6 Å². The summed E-state index contributed by atoms with van der Waals surface area (Å²) >= 11 is 1.87. The predicted molar refractivity (Wildman–Crippen MR) is 69.5 cm³/mol. The zero-order valence-corrected chi connectivity index (χ0v) is 10.9. The van der Waals surface area contributed by atoms with Crippen molar-refractivity contribution in [1.82, 2.24) is 5.32 Å². The fourth-order valence-electron chi connectivity index (χ4n) is 1.56. The largest absolute Gasteiger partial charge is 0.316 e. The van der Waals surface area contributed by atoms with Crippen LogP contribution in [0.2, 0.25) is 0 Å². The Hall–Kier alpha value is -0.340. The summed E-state index contributed by atoms with van der Waals surface area (Å²) in [7, 11) is 0. The van der Waals surface area contributed by atoms with Crippen LogP contribution in [0.3, 0.4) is 0 Å². The lowest BCUT2D eigenvalue weighted by Crippen LogP contribution is -2.25. The molecule has 1 aromatic rings. The number of nitrogens with one attached hydrogen (secondary N) is 1. The second-order valence-corrected chi connectivity index (χ2v) is 5.81. The number of aryl methyl sites for hydroxylation is 1. The Balaban J connectivity index is 2.06. The molecule has 86 valence electrons. The maximum absolute atomic E-state index is 3.52. The highest BCUT2D eigenvalue weighted by Gasteiger charge is 2.03. The zero-order chi connectivity index (χ0) is 11.1. The molecule has 0 aromatic carbocycles. The number of hydrogen-bond donors (Lipinski definition) is 1. The van der Waals surface area contributed by atoms with Crippen LogP contribution in [0.4, 0.5) is 0 Å². The minimum absolute atomic E-state index is 0.759. The fraction of sp³-hybridized carbons (Fsp3) is 0.692. The van der Waals surface area contributed by atoms with Gasteiger partial charge in [-0.15, -0.1) is 11.3 Å². The standard InChI is InChI=1S/C13H23NS/c1-11(2)9-14-10-12(3)6-7-13-5-4-8-15-13/h4-5,8,11-12,14H,6-7,9-10H2,1-3H3. The molecule has 0 aliphatic heterocycles. The van der Waals surface area contributed by atoms with Crippen LogP contribution in [-0.4, -0.2) is 13.1 Å². The van der Waals surface area contributed by atoms with E-state index in [1.807, 2.05) is 11.3 Å². The molecule has 0 bridgehead atoms. The first-order valence-electron chi connectivity index (χ1n) is 5.91. The van der Waals surface area contributed by atoms with Gasteiger partial charge in [-0.3, -0.25) is 0 Å². The highest BCUT2D eigenvalue weighted by molar-refractivity contribution is 7.09. The van der Waals surface area contributed by atoms with E-state index >= 15 is 0 Å². The van der Waals surface area contributed by atoms with Crippen LogP contribution >= 0.6 is 11.3 Å². The van der Waals surface area contributed by atoms with Crippen LogP contribution in [0.1, 0.15) is 32.1 Å². The van der Waals surface area contributed by atoms with E-state index in [4.69, 9.17) is 0 Å². The van der Waals surface area contributed by atoms with Gasteiger partial charge >= 0.3 is 0 Å². The monoisotopic (exact) mass is 225 g/mol. The normalized spacial score (nSPS) is 13.3. The Morgan fingerprint density at radius 2 is 2.07 bits per heavy atom. The van der Waals surface area contributed by atoms with Crippen molar-refractivity contribution >= 4 is 11.3 Å². The molecule has 1 aromatic heterocycles. The minimum Gasteiger partial charge on any atom is -0.316 e. The number of hydrogen-bond acceptors (Lipinski definition) is 2. The van der Waals surface area contributed by atoms with Crippen LogP contribution < -0.4 is 5.32 Å². The van der Waals surface area contributed by atoms with E-state index in [0.717, 1.165) is 24.9 Å². The molecule has 0 aliphatic rings. The van der Waals surface area contributed by atoms with Gasteiger partial charge in [0.05, 0.1) is 0 Å². The molecule has 0 spiro atoms. The van der Waals surface area contributed by atoms with Crippen molar-refractivity contribution in [2.75, 3.05) is 13.1 Å². The highest BCUT2D eigenvalue weighted by atomic mass is 32.1. The summed E-state index contributed by atoms with van der Waals surface area (Å²) in [5.74, 6) is 1.54. The van der Waals surface area contributed by atoms with Gasteiger partial charge in [0.15, 0.2) is 0 Å². The van der Waals surface area contributed by atoms with E-state index in [1.54, 1.807) is 0 Å². The third-order valence-corrected chi connectivity index (χ3v) is 3.45. The van der Waals surface area contributed by atoms with E-state index < -0.39 is 0 Å². The van der Waals surface area contributed by atoms with Gasteiger partial charge in [-0.05, 0) is 49.2 Å². The van der Waals surface area contributed by atoms with Crippen LogP contribution in [0.25, 0.3) is 0 Å². The van der Waals surface area contributed by atoms with Crippen molar-refractivity contribution in [3.63, 3.8) is 0 Å². The van der Waals surface area contributed by atoms with Crippen LogP contribution in [0.5, 0.6) is 0 Å². The van der Waals surface area contributed by atoms with Crippen molar-refractivity contribution in [1.29, 1.82) is 0 Å². The molecule has 1 atom stereocenters. The highest BCUT2D eigenvalue weighted by Crippen LogP contribution is 2.14. The molecule has 15 heavy (non-hydrogen) atoms. The smallest absolute Gasteiger partial charge is 0.00453 e. The van der Waals surface area contributed by atoms with Gasteiger partial charge in [-0.1, -0.05) is 26.8 Å². The Morgan fingerprint density at radius 1 is 1.27 bits per heavy atom. The van der Waals surface area contributed by atoms with Crippen LogP contribution in [-0.2, 0) is 6.42 Å². The Kier molecular flexibility index (Phi) is 5.96. The van der Waals surface area contributed by atoms with Crippen LogP contribution in [0, 0.1) is 11.8 Å². The predicted octanol–water partition coefficient (Wildman–Crippen LogP) is 3.56. The van der Waals surface area contributed by atoms with Crippen LogP contribution in [0.15, 0.2) is 17.5 Å². The van der Waals surface area contributed by atoms with Gasteiger partial charge in [0, 0.05) is 4.88 Å². The first-order chi connectivity index (χ1) is 7.18. The Bertz CT molecular complexity index is 241. The van der Waals surface area contributed by atoms with E-state index in [2.05, 4.69) is 43.6 Å². The number of thiophene rings is 1. The first-order valence-corrected chi connectivity index (χ1v) is 6.79. The minimum atomic E-state index is 0.759. The summed E-state index contributed by atoms with van der Waals surface area (Å²) in [6.45, 7) is 9.14. The molecule has 0 aliphatic carbocycles. The fourth-order valence-corrected chi connectivity index (χ4v) is 2.29. The summed E-state index contributed by atoms with van der Waals surface area (Å²) in [6.07, 6.45) is 2.54. The quantitative estimate of drug-likeness (QED) is 0.748. The Labute approximate surface area is 97.9 Å². The zero-order valence-electron chi connectivity index (χ0n) is 10.1. The molecule has 1 rings (SSSR count). The summed E-state index contributed by atoms with van der Waals surface area (Å²) in [5.41, 5.74) is 0. The van der Waals surface area contributed by atoms with Crippen molar-refractivity contribution in [3.8, 4) is 0 Å². The van der Waals surface area contributed by atoms with E-state index in [0.29, 0.717) is 0 Å². The molecule has 1 unspecified atom stereocenters. The molecular weight excluding hydrogens is 202 g/mol. The van der Waals surface area contributed by atoms with Gasteiger partial charge in [0.1, 0.15) is 0 Å². The summed E-state index contributed by atoms with van der Waals surface area (Å²) in [5, 5.41) is 5.68. The molecule has 0 fully saturated rings. The van der Waals surface area contributed by atoms with Gasteiger partial charge in [0.2, 0.25) is 0 Å². The maximum Gasteiger partial charge on any atom is 0.00453 e. The molecule has 1 nitrogen and oxygen atoms in total. The average Bonchev–Trinajstić information content (AvgIpc) is 2.66. The number of rotatable bonds is 7. The first kappa shape index (κ1) is 12.7. The molecule has 0 amide bonds. The molecule has 1 N–H and O–H groups in total. The Morgan fingerprint density at radius 3 is 2.67 bits per heavy atom. The summed E-state index contributed by atoms with van der Waals surface area (Å²) in [4.78, 5) is 1.52. The van der Waals surface area contributed by atoms with Gasteiger partial charge in [0.25, 0.3) is 0 Å². The van der Waals surface area contributed by atoms with Crippen molar-refractivity contribution in [3.05, 3.63) is 22.4 Å². The van der Waals surface area contributed by atoms with E-state index in [-0.39, 0.29) is 0 Å². The van der Waals surface area contributed by atoms with Gasteiger partial charge in [-0.25, -0.2) is 0 Å². The third-order valence-electron chi connectivity index (χ3n) is 2.51. The average molecular weight is 225 g/mol. The topological polar surface area (TPSA) is 12.0 Å². The van der Waals surface area contributed by atoms with Gasteiger partial charge in [-0.2, -0.15) is 0 Å². The maximum atomic E-state index is 3.52. The summed E-state index contributed by atoms with van der Waals surface area (Å²) in [6, 6.07) is 4.38. The molecule has 0 saturated heterocycles. The molecule has 0 radical (unpaired) electrons. The van der Waals surface area contributed by atoms with E-state index in [1.165, 1.54) is 17.7 Å². The second-order valence-electron chi connectivity index (χ2n) is 4.78. The summed E-state index contributed by atoms with van der Waals surface area (Å²) < 4.78 is 0. The van der Waals surface area contributed by atoms with Crippen molar-refractivity contribution < 1.29 is 0 Å². The lowest BCUT2D eigenvalue weighted by Gasteiger charge is -2.13.